The fourth-order valence-electron chi connectivity index (χ4n) is 1.38. The molecule has 0 spiro atoms. The van der Waals surface area contributed by atoms with E-state index < -0.39 is 0 Å². The number of aromatic nitrogens is 2. The van der Waals surface area contributed by atoms with Gasteiger partial charge < -0.3 is 11.1 Å². The van der Waals surface area contributed by atoms with Crippen molar-refractivity contribution in [2.24, 2.45) is 7.05 Å². The number of hydrogen-bond acceptors (Lipinski definition) is 4. The highest BCUT2D eigenvalue weighted by atomic mass is 79.9. The van der Waals surface area contributed by atoms with Crippen LogP contribution in [-0.4, -0.2) is 15.7 Å². The van der Waals surface area contributed by atoms with Crippen molar-refractivity contribution in [1.82, 2.24) is 15.1 Å². The van der Waals surface area contributed by atoms with Gasteiger partial charge in [-0.3, -0.25) is 9.48 Å². The van der Waals surface area contributed by atoms with Gasteiger partial charge in [-0.2, -0.15) is 5.10 Å². The first-order valence-electron chi connectivity index (χ1n) is 4.88. The van der Waals surface area contributed by atoms with Crippen LogP contribution >= 0.6 is 27.3 Å². The van der Waals surface area contributed by atoms with Gasteiger partial charge in [-0.05, 0) is 28.1 Å². The molecule has 2 aromatic heterocycles. The Kier molecular flexibility index (Phi) is 3.49. The van der Waals surface area contributed by atoms with Crippen molar-refractivity contribution in [3.63, 3.8) is 0 Å². The zero-order valence-electron chi connectivity index (χ0n) is 9.11. The molecule has 0 aliphatic carbocycles. The van der Waals surface area contributed by atoms with Crippen molar-refractivity contribution < 1.29 is 4.79 Å². The monoisotopic (exact) mass is 314 g/mol. The number of nitrogens with one attached hydrogen (secondary N) is 1. The molecular weight excluding hydrogens is 304 g/mol. The molecule has 17 heavy (non-hydrogen) atoms. The van der Waals surface area contributed by atoms with E-state index in [2.05, 4.69) is 26.3 Å². The maximum atomic E-state index is 11.8. The predicted octanol–water partition coefficient (Wildman–Crippen LogP) is 1.76. The average Bonchev–Trinajstić information content (AvgIpc) is 2.81. The number of rotatable bonds is 3. The van der Waals surface area contributed by atoms with E-state index in [9.17, 15) is 4.79 Å². The molecule has 5 nitrogen and oxygen atoms in total. The van der Waals surface area contributed by atoms with Gasteiger partial charge >= 0.3 is 0 Å². The SMILES string of the molecule is Cn1cc(N)c(C(=O)NCc2ccc(Br)s2)n1. The van der Waals surface area contributed by atoms with Gasteiger partial charge in [0.05, 0.1) is 16.0 Å². The molecule has 90 valence electrons. The summed E-state index contributed by atoms with van der Waals surface area (Å²) in [6.07, 6.45) is 1.61. The Bertz CT molecular complexity index is 548. The van der Waals surface area contributed by atoms with Crippen molar-refractivity contribution in [3.05, 3.63) is 32.7 Å². The number of thiophene rings is 1. The molecule has 2 aromatic rings. The van der Waals surface area contributed by atoms with Gasteiger partial charge in [0.1, 0.15) is 0 Å². The summed E-state index contributed by atoms with van der Waals surface area (Å²) in [7, 11) is 1.73. The maximum absolute atomic E-state index is 11.8. The van der Waals surface area contributed by atoms with Crippen LogP contribution in [0.4, 0.5) is 5.69 Å². The van der Waals surface area contributed by atoms with Gasteiger partial charge in [0.2, 0.25) is 0 Å². The third kappa shape index (κ3) is 2.86. The molecule has 0 aromatic carbocycles. The lowest BCUT2D eigenvalue weighted by atomic mass is 10.3. The number of halogens is 1. The fourth-order valence-corrected chi connectivity index (χ4v) is 2.80. The predicted molar refractivity (Wildman–Crippen MR) is 70.8 cm³/mol. The van der Waals surface area contributed by atoms with Crippen LogP contribution in [0.2, 0.25) is 0 Å². The number of nitrogens with zero attached hydrogens (tertiary/aromatic N) is 2. The number of nitrogen functional groups attached to an aromatic ring is 1. The van der Waals surface area contributed by atoms with E-state index >= 15 is 0 Å². The second-order valence-corrected chi connectivity index (χ2v) is 6.04. The van der Waals surface area contributed by atoms with Gasteiger partial charge in [0, 0.05) is 18.1 Å². The Morgan fingerprint density at radius 3 is 2.94 bits per heavy atom. The third-order valence-electron chi connectivity index (χ3n) is 2.12. The number of anilines is 1. The highest BCUT2D eigenvalue weighted by molar-refractivity contribution is 9.11. The minimum atomic E-state index is -0.257. The number of amides is 1. The summed E-state index contributed by atoms with van der Waals surface area (Å²) < 4.78 is 2.56. The van der Waals surface area contributed by atoms with Crippen LogP contribution in [0.3, 0.4) is 0 Å². The molecular formula is C10H11BrN4OS. The van der Waals surface area contributed by atoms with Crippen LogP contribution in [0.25, 0.3) is 0 Å². The Hall–Kier alpha value is -1.34. The van der Waals surface area contributed by atoms with E-state index in [0.717, 1.165) is 8.66 Å². The minimum Gasteiger partial charge on any atom is -0.396 e. The number of carbonyl (C=O) groups excluding carboxylic acids is 1. The van der Waals surface area contributed by atoms with Crippen LogP contribution < -0.4 is 11.1 Å². The van der Waals surface area contributed by atoms with Crippen LogP contribution in [0, 0.1) is 0 Å². The van der Waals surface area contributed by atoms with Gasteiger partial charge in [0.15, 0.2) is 5.69 Å². The summed E-state index contributed by atoms with van der Waals surface area (Å²) in [6, 6.07) is 3.90. The summed E-state index contributed by atoms with van der Waals surface area (Å²) in [5.74, 6) is -0.257. The summed E-state index contributed by atoms with van der Waals surface area (Å²) in [6.45, 7) is 0.477. The van der Waals surface area contributed by atoms with Crippen molar-refractivity contribution in [2.75, 3.05) is 5.73 Å². The Morgan fingerprint density at radius 1 is 1.65 bits per heavy atom. The van der Waals surface area contributed by atoms with E-state index in [1.807, 2.05) is 12.1 Å². The van der Waals surface area contributed by atoms with Crippen molar-refractivity contribution in [3.8, 4) is 0 Å². The second kappa shape index (κ2) is 4.89. The molecule has 7 heteroatoms. The van der Waals surface area contributed by atoms with Crippen molar-refractivity contribution in [2.45, 2.75) is 6.54 Å². The van der Waals surface area contributed by atoms with Gasteiger partial charge in [-0.1, -0.05) is 0 Å². The lowest BCUT2D eigenvalue weighted by Gasteiger charge is -2.01. The first kappa shape index (κ1) is 12.1. The molecule has 0 fully saturated rings. The molecule has 0 bridgehead atoms. The standard InChI is InChI=1S/C10H11BrN4OS/c1-15-5-7(12)9(14-15)10(16)13-4-6-2-3-8(11)17-6/h2-3,5H,4,12H2,1H3,(H,13,16). The quantitative estimate of drug-likeness (QED) is 0.906. The smallest absolute Gasteiger partial charge is 0.274 e. The highest BCUT2D eigenvalue weighted by Crippen LogP contribution is 2.21. The van der Waals surface area contributed by atoms with Gasteiger partial charge in [0.25, 0.3) is 5.91 Å². The Morgan fingerprint density at radius 2 is 2.41 bits per heavy atom. The molecule has 3 N–H and O–H groups in total. The topological polar surface area (TPSA) is 72.9 Å². The lowest BCUT2D eigenvalue weighted by Crippen LogP contribution is -2.23. The number of aryl methyl sites for hydroxylation is 1. The van der Waals surface area contributed by atoms with Crippen molar-refractivity contribution in [1.29, 1.82) is 0 Å². The number of nitrogens with two attached hydrogens (primary N) is 1. The van der Waals surface area contributed by atoms with Crippen molar-refractivity contribution >= 4 is 38.9 Å². The van der Waals surface area contributed by atoms with E-state index in [-0.39, 0.29) is 11.6 Å². The second-order valence-electron chi connectivity index (χ2n) is 3.50. The Balaban J connectivity index is 2.00. The molecule has 0 saturated heterocycles. The summed E-state index contributed by atoms with van der Waals surface area (Å²) >= 11 is 4.95. The van der Waals surface area contributed by atoms with E-state index in [1.165, 1.54) is 4.68 Å². The Labute approximate surface area is 111 Å². The van der Waals surface area contributed by atoms with Crippen LogP contribution in [-0.2, 0) is 13.6 Å². The maximum Gasteiger partial charge on any atom is 0.274 e. The first-order valence-corrected chi connectivity index (χ1v) is 6.49. The average molecular weight is 315 g/mol. The molecule has 0 saturated carbocycles. The molecule has 2 rings (SSSR count). The number of carbonyl (C=O) groups is 1. The summed E-state index contributed by atoms with van der Waals surface area (Å²) in [5.41, 5.74) is 6.32. The number of hydrogen-bond donors (Lipinski definition) is 2. The molecule has 0 radical (unpaired) electrons. The highest BCUT2D eigenvalue weighted by Gasteiger charge is 2.13. The van der Waals surface area contributed by atoms with Crippen LogP contribution in [0.15, 0.2) is 22.1 Å². The molecule has 0 aliphatic heterocycles. The van der Waals surface area contributed by atoms with E-state index in [0.29, 0.717) is 12.2 Å². The van der Waals surface area contributed by atoms with Gasteiger partial charge in [-0.15, -0.1) is 11.3 Å². The van der Waals surface area contributed by atoms with E-state index in [4.69, 9.17) is 5.73 Å². The molecule has 0 aliphatic rings. The zero-order valence-corrected chi connectivity index (χ0v) is 11.5. The third-order valence-corrected chi connectivity index (χ3v) is 3.75. The summed E-state index contributed by atoms with van der Waals surface area (Å²) in [4.78, 5) is 12.9. The fraction of sp³-hybridized carbons (Fsp3) is 0.200. The van der Waals surface area contributed by atoms with E-state index in [1.54, 1.807) is 24.6 Å². The first-order chi connectivity index (χ1) is 8.06. The van der Waals surface area contributed by atoms with Gasteiger partial charge in [-0.25, -0.2) is 0 Å². The molecule has 0 unspecified atom stereocenters. The lowest BCUT2D eigenvalue weighted by molar-refractivity contribution is 0.0946. The normalized spacial score (nSPS) is 10.5. The largest absolute Gasteiger partial charge is 0.396 e. The zero-order chi connectivity index (χ0) is 12.4. The molecule has 0 atom stereocenters. The molecule has 2 heterocycles. The summed E-state index contributed by atoms with van der Waals surface area (Å²) in [5, 5.41) is 6.78. The van der Waals surface area contributed by atoms with Crippen LogP contribution in [0.1, 0.15) is 15.4 Å². The molecule has 1 amide bonds. The van der Waals surface area contributed by atoms with Crippen LogP contribution in [0.5, 0.6) is 0 Å². The minimum absolute atomic E-state index is 0.257.